The van der Waals surface area contributed by atoms with Crippen molar-refractivity contribution in [2.24, 2.45) is 0 Å². The fourth-order valence-corrected chi connectivity index (χ4v) is 5.72. The van der Waals surface area contributed by atoms with Gasteiger partial charge in [-0.2, -0.15) is 5.10 Å². The highest BCUT2D eigenvalue weighted by atomic mass is 32.2. The second kappa shape index (κ2) is 6.60. The van der Waals surface area contributed by atoms with Crippen molar-refractivity contribution >= 4 is 9.84 Å². The summed E-state index contributed by atoms with van der Waals surface area (Å²) in [7, 11) is -3.84. The fraction of sp³-hybridized carbons (Fsp3) is 0.571. The number of halogens is 2. The van der Waals surface area contributed by atoms with Gasteiger partial charge in [0, 0.05) is 24.5 Å². The summed E-state index contributed by atoms with van der Waals surface area (Å²) in [5, 5.41) is 7.41. The van der Waals surface area contributed by atoms with E-state index in [2.05, 4.69) is 17.1 Å². The average molecular weight is 425 g/mol. The molecule has 158 valence electrons. The molecule has 2 atom stereocenters. The average Bonchev–Trinajstić information content (AvgIpc) is 3.21. The van der Waals surface area contributed by atoms with E-state index in [4.69, 9.17) is 4.74 Å². The first-order chi connectivity index (χ1) is 13.4. The van der Waals surface area contributed by atoms with Crippen LogP contribution in [0.4, 0.5) is 8.78 Å². The number of hydrogen-bond acceptors (Lipinski definition) is 4. The van der Waals surface area contributed by atoms with E-state index in [1.165, 1.54) is 18.2 Å². The Balaban J connectivity index is 1.62. The first kappa shape index (κ1) is 20.5. The van der Waals surface area contributed by atoms with Crippen LogP contribution in [0.1, 0.15) is 69.5 Å². The Bertz CT molecular complexity index is 1020. The monoisotopic (exact) mass is 424 g/mol. The van der Waals surface area contributed by atoms with E-state index in [1.54, 1.807) is 6.92 Å². The third kappa shape index (κ3) is 3.61. The zero-order valence-electron chi connectivity index (χ0n) is 16.8. The van der Waals surface area contributed by atoms with Crippen LogP contribution in [-0.2, 0) is 25.9 Å². The van der Waals surface area contributed by atoms with Crippen molar-refractivity contribution in [2.75, 3.05) is 6.61 Å². The molecule has 2 fully saturated rings. The third-order valence-corrected chi connectivity index (χ3v) is 8.97. The maximum Gasteiger partial charge on any atom is 0.270 e. The zero-order chi connectivity index (χ0) is 21.1. The fourth-order valence-electron chi connectivity index (χ4n) is 3.89. The summed E-state index contributed by atoms with van der Waals surface area (Å²) in [5.41, 5.74) is 1.54. The summed E-state index contributed by atoms with van der Waals surface area (Å²) in [6, 6.07) is 7.07. The van der Waals surface area contributed by atoms with E-state index in [0.29, 0.717) is 6.42 Å². The van der Waals surface area contributed by atoms with Gasteiger partial charge in [0.1, 0.15) is 6.10 Å². The summed E-state index contributed by atoms with van der Waals surface area (Å²) >= 11 is 0. The molecule has 1 aromatic carbocycles. The molecule has 1 aliphatic heterocycles. The number of nitrogens with one attached hydrogen (secondary N) is 1. The number of aromatic nitrogens is 2. The molecule has 29 heavy (non-hydrogen) atoms. The van der Waals surface area contributed by atoms with Gasteiger partial charge in [0.2, 0.25) is 0 Å². The lowest BCUT2D eigenvalue weighted by Crippen LogP contribution is -2.42. The number of hydrogen-bond donors (Lipinski definition) is 1. The largest absolute Gasteiger partial charge is 0.372 e. The number of nitrogens with zero attached hydrogens (tertiary/aromatic N) is 1. The van der Waals surface area contributed by atoms with Gasteiger partial charge in [-0.1, -0.05) is 19.1 Å². The van der Waals surface area contributed by atoms with Gasteiger partial charge in [-0.15, -0.1) is 0 Å². The number of sulfone groups is 1. The van der Waals surface area contributed by atoms with Gasteiger partial charge < -0.3 is 4.74 Å². The predicted octanol–water partition coefficient (Wildman–Crippen LogP) is 4.66. The molecular weight excluding hydrogens is 398 g/mol. The Morgan fingerprint density at radius 3 is 2.59 bits per heavy atom. The molecule has 8 heteroatoms. The molecule has 1 saturated heterocycles. The Morgan fingerprint density at radius 2 is 1.93 bits per heavy atom. The molecule has 1 N–H and O–H groups in total. The van der Waals surface area contributed by atoms with Gasteiger partial charge in [-0.3, -0.25) is 5.10 Å². The van der Waals surface area contributed by atoms with Crippen LogP contribution in [0, 0.1) is 0 Å². The lowest BCUT2D eigenvalue weighted by molar-refractivity contribution is -0.00225. The van der Waals surface area contributed by atoms with Crippen molar-refractivity contribution < 1.29 is 21.9 Å². The molecule has 2 aromatic rings. The van der Waals surface area contributed by atoms with E-state index < -0.39 is 26.6 Å². The van der Waals surface area contributed by atoms with Crippen molar-refractivity contribution in [2.45, 2.75) is 73.5 Å². The summed E-state index contributed by atoms with van der Waals surface area (Å²) in [5.74, 6) is -3.10. The maximum absolute atomic E-state index is 13.7. The van der Waals surface area contributed by atoms with Crippen LogP contribution in [0.15, 0.2) is 35.2 Å². The molecule has 2 heterocycles. The molecule has 0 amide bonds. The van der Waals surface area contributed by atoms with E-state index in [0.717, 1.165) is 37.2 Å². The first-order valence-electron chi connectivity index (χ1n) is 9.85. The van der Waals surface area contributed by atoms with Gasteiger partial charge in [-0.05, 0) is 50.8 Å². The standard InChI is InChI=1S/C21H26F2N2O3S/c1-19(7-8-19)18-12-16(24-25-18)17-13-20(2,9-10-28-17)29(26,27)15-6-4-5-14(11-15)21(3,22)23/h4-6,11-12,17H,7-10,13H2,1-3H3,(H,24,25). The van der Waals surface area contributed by atoms with Crippen molar-refractivity contribution in [3.63, 3.8) is 0 Å². The highest BCUT2D eigenvalue weighted by Gasteiger charge is 2.47. The van der Waals surface area contributed by atoms with Gasteiger partial charge in [0.15, 0.2) is 9.84 Å². The first-order valence-corrected chi connectivity index (χ1v) is 11.3. The minimum absolute atomic E-state index is 0.0736. The predicted molar refractivity (Wildman–Crippen MR) is 105 cm³/mol. The molecule has 0 spiro atoms. The van der Waals surface area contributed by atoms with E-state index in [-0.39, 0.29) is 28.9 Å². The van der Waals surface area contributed by atoms with Gasteiger partial charge in [0.05, 0.1) is 21.0 Å². The third-order valence-electron chi connectivity index (χ3n) is 6.43. The summed E-state index contributed by atoms with van der Waals surface area (Å²) < 4.78 is 59.0. The molecule has 2 unspecified atom stereocenters. The topological polar surface area (TPSA) is 72.1 Å². The van der Waals surface area contributed by atoms with Gasteiger partial charge in [-0.25, -0.2) is 17.2 Å². The van der Waals surface area contributed by atoms with Crippen LogP contribution >= 0.6 is 0 Å². The molecule has 4 rings (SSSR count). The van der Waals surface area contributed by atoms with Gasteiger partial charge in [0.25, 0.3) is 5.92 Å². The molecule has 5 nitrogen and oxygen atoms in total. The second-order valence-corrected chi connectivity index (χ2v) is 11.4. The molecule has 1 saturated carbocycles. The van der Waals surface area contributed by atoms with Crippen molar-refractivity contribution in [1.29, 1.82) is 0 Å². The summed E-state index contributed by atoms with van der Waals surface area (Å²) in [6.07, 6.45) is 2.29. The molecular formula is C21H26F2N2O3S. The Hall–Kier alpha value is -1.80. The number of benzene rings is 1. The normalized spacial score (nSPS) is 27.0. The second-order valence-electron chi connectivity index (χ2n) is 8.95. The minimum atomic E-state index is -3.84. The van der Waals surface area contributed by atoms with E-state index >= 15 is 0 Å². The van der Waals surface area contributed by atoms with E-state index in [9.17, 15) is 17.2 Å². The molecule has 2 aliphatic rings. The van der Waals surface area contributed by atoms with Gasteiger partial charge >= 0.3 is 0 Å². The van der Waals surface area contributed by atoms with Crippen molar-refractivity contribution in [3.05, 3.63) is 47.3 Å². The lowest BCUT2D eigenvalue weighted by atomic mass is 9.94. The molecule has 0 bridgehead atoms. The Labute approximate surface area is 169 Å². The van der Waals surface area contributed by atoms with Crippen LogP contribution in [-0.4, -0.2) is 30.0 Å². The van der Waals surface area contributed by atoms with Crippen LogP contribution < -0.4 is 0 Å². The number of ether oxygens (including phenoxy) is 1. The molecule has 1 aliphatic carbocycles. The van der Waals surface area contributed by atoms with E-state index in [1.807, 2.05) is 6.07 Å². The number of H-pyrrole nitrogens is 1. The Morgan fingerprint density at radius 1 is 1.21 bits per heavy atom. The Kier molecular flexibility index (Phi) is 4.66. The maximum atomic E-state index is 13.7. The summed E-state index contributed by atoms with van der Waals surface area (Å²) in [6.45, 7) is 4.87. The lowest BCUT2D eigenvalue weighted by Gasteiger charge is -2.37. The number of rotatable bonds is 5. The van der Waals surface area contributed by atoms with Crippen LogP contribution in [0.5, 0.6) is 0 Å². The highest BCUT2D eigenvalue weighted by Crippen LogP contribution is 2.48. The highest BCUT2D eigenvalue weighted by molar-refractivity contribution is 7.92. The molecule has 0 radical (unpaired) electrons. The minimum Gasteiger partial charge on any atom is -0.372 e. The molecule has 1 aromatic heterocycles. The zero-order valence-corrected chi connectivity index (χ0v) is 17.7. The van der Waals surface area contributed by atoms with Crippen LogP contribution in [0.3, 0.4) is 0 Å². The quantitative estimate of drug-likeness (QED) is 0.758. The van der Waals surface area contributed by atoms with Crippen LogP contribution in [0.25, 0.3) is 0 Å². The smallest absolute Gasteiger partial charge is 0.270 e. The summed E-state index contributed by atoms with van der Waals surface area (Å²) in [4.78, 5) is -0.0736. The number of aromatic amines is 1. The van der Waals surface area contributed by atoms with Crippen molar-refractivity contribution in [1.82, 2.24) is 10.2 Å². The van der Waals surface area contributed by atoms with Crippen LogP contribution in [0.2, 0.25) is 0 Å². The number of alkyl halides is 2. The van der Waals surface area contributed by atoms with Crippen molar-refractivity contribution in [3.8, 4) is 0 Å². The SMILES string of the molecule is CC(F)(F)c1cccc(S(=O)(=O)C2(C)CCOC(c3cc(C4(C)CC4)n[nH]3)C2)c1.